The summed E-state index contributed by atoms with van der Waals surface area (Å²) >= 11 is 0. The lowest BCUT2D eigenvalue weighted by atomic mass is 9.79. The van der Waals surface area contributed by atoms with Gasteiger partial charge in [0.05, 0.1) is 0 Å². The van der Waals surface area contributed by atoms with Crippen LogP contribution in [0.5, 0.6) is 0 Å². The molecule has 0 radical (unpaired) electrons. The highest BCUT2D eigenvalue weighted by molar-refractivity contribution is 6.06. The highest BCUT2D eigenvalue weighted by Crippen LogP contribution is 2.54. The summed E-state index contributed by atoms with van der Waals surface area (Å²) in [5.74, 6) is 0. The molecule has 0 atom stereocenters. The number of hydrogen-bond donors (Lipinski definition) is 0. The summed E-state index contributed by atoms with van der Waals surface area (Å²) in [4.78, 5) is 2.50. The maximum Gasteiger partial charge on any atom is 0.0487 e. The molecule has 0 bridgehead atoms. The van der Waals surface area contributed by atoms with Crippen molar-refractivity contribution in [3.05, 3.63) is 193 Å². The summed E-state index contributed by atoms with van der Waals surface area (Å²) < 4.78 is 0. The van der Waals surface area contributed by atoms with Crippen LogP contribution in [-0.2, 0) is 12.0 Å². The smallest absolute Gasteiger partial charge is 0.0487 e. The Balaban J connectivity index is 1.25. The molecule has 0 spiro atoms. The Morgan fingerprint density at radius 3 is 1.80 bits per heavy atom. The molecule has 0 aliphatic heterocycles. The molecular formula is C48H37N. The maximum atomic E-state index is 2.50. The van der Waals surface area contributed by atoms with Gasteiger partial charge in [-0.2, -0.15) is 0 Å². The molecule has 1 aliphatic rings. The number of benzene rings is 8. The minimum atomic E-state index is -0.133. The van der Waals surface area contributed by atoms with Gasteiger partial charge in [-0.05, 0) is 102 Å². The highest BCUT2D eigenvalue weighted by Gasteiger charge is 2.38. The van der Waals surface area contributed by atoms with E-state index in [4.69, 9.17) is 0 Å². The lowest BCUT2D eigenvalue weighted by Crippen LogP contribution is -2.18. The van der Waals surface area contributed by atoms with Gasteiger partial charge >= 0.3 is 0 Å². The van der Waals surface area contributed by atoms with E-state index in [1.165, 1.54) is 83.0 Å². The molecule has 0 N–H and O–H groups in total. The fourth-order valence-electron chi connectivity index (χ4n) is 8.12. The largest absolute Gasteiger partial charge is 0.337 e. The molecule has 8 aromatic rings. The molecule has 49 heavy (non-hydrogen) atoms. The van der Waals surface area contributed by atoms with Gasteiger partial charge in [0.1, 0.15) is 0 Å². The lowest BCUT2D eigenvalue weighted by Gasteiger charge is -2.28. The van der Waals surface area contributed by atoms with Gasteiger partial charge in [0.2, 0.25) is 0 Å². The van der Waals surface area contributed by atoms with Crippen molar-refractivity contribution in [3.63, 3.8) is 0 Å². The summed E-state index contributed by atoms with van der Waals surface area (Å²) in [7, 11) is 0. The Morgan fingerprint density at radius 1 is 0.429 bits per heavy atom. The first-order chi connectivity index (χ1) is 24.1. The van der Waals surface area contributed by atoms with E-state index >= 15 is 0 Å². The molecule has 1 nitrogen and oxygen atoms in total. The van der Waals surface area contributed by atoms with Gasteiger partial charge in [0, 0.05) is 23.3 Å². The van der Waals surface area contributed by atoms with Crippen LogP contribution in [0.3, 0.4) is 0 Å². The molecule has 9 rings (SSSR count). The van der Waals surface area contributed by atoms with E-state index in [1.807, 2.05) is 0 Å². The third-order valence-electron chi connectivity index (χ3n) is 10.5. The molecule has 1 aliphatic carbocycles. The van der Waals surface area contributed by atoms with Crippen LogP contribution in [-0.4, -0.2) is 0 Å². The number of fused-ring (bicyclic) bond motifs is 6. The summed E-state index contributed by atoms with van der Waals surface area (Å²) in [6.45, 7) is 5.53. The number of anilines is 2. The van der Waals surface area contributed by atoms with Crippen LogP contribution < -0.4 is 4.90 Å². The van der Waals surface area contributed by atoms with E-state index in [9.17, 15) is 0 Å². The minimum Gasteiger partial charge on any atom is -0.337 e. The molecule has 0 saturated carbocycles. The fourth-order valence-corrected chi connectivity index (χ4v) is 8.12. The van der Waals surface area contributed by atoms with Gasteiger partial charge in [-0.25, -0.2) is 0 Å². The number of hydrogen-bond acceptors (Lipinski definition) is 1. The Kier molecular flexibility index (Phi) is 6.95. The van der Waals surface area contributed by atoms with Crippen LogP contribution >= 0.6 is 0 Å². The normalized spacial score (nSPS) is 12.9. The first kappa shape index (κ1) is 29.2. The molecule has 234 valence electrons. The van der Waals surface area contributed by atoms with Gasteiger partial charge in [0.25, 0.3) is 0 Å². The van der Waals surface area contributed by atoms with Crippen LogP contribution in [0.4, 0.5) is 11.4 Å². The van der Waals surface area contributed by atoms with Crippen LogP contribution in [0.2, 0.25) is 0 Å². The van der Waals surface area contributed by atoms with E-state index in [2.05, 4.69) is 195 Å². The van der Waals surface area contributed by atoms with Crippen molar-refractivity contribution < 1.29 is 0 Å². The van der Waals surface area contributed by atoms with Crippen molar-refractivity contribution in [1.82, 2.24) is 0 Å². The second-order valence-corrected chi connectivity index (χ2v) is 13.8. The molecule has 0 unspecified atom stereocenters. The molecule has 0 heterocycles. The Labute approximate surface area is 288 Å². The zero-order chi connectivity index (χ0) is 33.0. The quantitative estimate of drug-likeness (QED) is 0.177. The number of nitrogens with zero attached hydrogens (tertiary/aromatic N) is 1. The van der Waals surface area contributed by atoms with Gasteiger partial charge in [0.15, 0.2) is 0 Å². The van der Waals surface area contributed by atoms with E-state index in [1.54, 1.807) is 0 Å². The van der Waals surface area contributed by atoms with E-state index in [0.717, 1.165) is 6.54 Å². The van der Waals surface area contributed by atoms with Crippen molar-refractivity contribution in [3.8, 4) is 33.4 Å². The second kappa shape index (κ2) is 11.6. The monoisotopic (exact) mass is 627 g/mol. The molecule has 0 fully saturated rings. The predicted molar refractivity (Wildman–Crippen MR) is 209 cm³/mol. The third-order valence-corrected chi connectivity index (χ3v) is 10.5. The Morgan fingerprint density at radius 2 is 1.02 bits per heavy atom. The third kappa shape index (κ3) is 4.93. The minimum absolute atomic E-state index is 0.133. The zero-order valence-electron chi connectivity index (χ0n) is 27.9. The van der Waals surface area contributed by atoms with E-state index in [0.29, 0.717) is 0 Å². The van der Waals surface area contributed by atoms with Gasteiger partial charge < -0.3 is 4.90 Å². The SMILES string of the molecule is CC1(C)c2ccc(N(Cc3ccccc3-c3ccccc3)c3ccc4ccccc4c3)cc2-c2cc(-c3ccccc3)c3ccccc3c21. The van der Waals surface area contributed by atoms with Crippen LogP contribution in [0.15, 0.2) is 176 Å². The fraction of sp³-hybridized carbons (Fsp3) is 0.0833. The highest BCUT2D eigenvalue weighted by atomic mass is 15.1. The number of rotatable bonds is 6. The predicted octanol–water partition coefficient (Wildman–Crippen LogP) is 13.0. The van der Waals surface area contributed by atoms with Crippen molar-refractivity contribution in [2.45, 2.75) is 25.8 Å². The first-order valence-electron chi connectivity index (χ1n) is 17.2. The molecular weight excluding hydrogens is 591 g/mol. The Bertz CT molecular complexity index is 2490. The molecule has 1 heteroatoms. The summed E-state index contributed by atoms with van der Waals surface area (Å²) in [6.07, 6.45) is 0. The van der Waals surface area contributed by atoms with Gasteiger partial charge in [-0.15, -0.1) is 0 Å². The van der Waals surface area contributed by atoms with Crippen molar-refractivity contribution in [2.75, 3.05) is 4.90 Å². The van der Waals surface area contributed by atoms with Crippen molar-refractivity contribution in [2.24, 2.45) is 0 Å². The van der Waals surface area contributed by atoms with Crippen molar-refractivity contribution in [1.29, 1.82) is 0 Å². The Hall–Kier alpha value is -5.92. The topological polar surface area (TPSA) is 3.24 Å². The van der Waals surface area contributed by atoms with Crippen LogP contribution in [0, 0.1) is 0 Å². The molecule has 0 amide bonds. The summed E-state index contributed by atoms with van der Waals surface area (Å²) in [6, 6.07) is 64.6. The van der Waals surface area contributed by atoms with E-state index < -0.39 is 0 Å². The van der Waals surface area contributed by atoms with Crippen molar-refractivity contribution >= 4 is 32.9 Å². The van der Waals surface area contributed by atoms with Crippen LogP contribution in [0.1, 0.15) is 30.5 Å². The summed E-state index contributed by atoms with van der Waals surface area (Å²) in [5.41, 5.74) is 14.0. The van der Waals surface area contributed by atoms with Crippen LogP contribution in [0.25, 0.3) is 54.9 Å². The second-order valence-electron chi connectivity index (χ2n) is 13.8. The zero-order valence-corrected chi connectivity index (χ0v) is 27.9. The average Bonchev–Trinajstić information content (AvgIpc) is 3.39. The van der Waals surface area contributed by atoms with Gasteiger partial charge in [-0.1, -0.05) is 159 Å². The molecule has 8 aromatic carbocycles. The summed E-state index contributed by atoms with van der Waals surface area (Å²) in [5, 5.41) is 5.14. The average molecular weight is 628 g/mol. The van der Waals surface area contributed by atoms with E-state index in [-0.39, 0.29) is 5.41 Å². The lowest BCUT2D eigenvalue weighted by molar-refractivity contribution is 0.666. The van der Waals surface area contributed by atoms with Gasteiger partial charge in [-0.3, -0.25) is 0 Å². The standard InChI is InChI=1S/C48H37N/c1-48(2)46-28-27-39(30-44(46)45-31-43(35-18-7-4-8-19-35)41-23-13-14-24-42(41)47(45)48)49(38-26-25-33-15-9-10-20-36(33)29-38)32-37-21-11-12-22-40(37)34-16-5-3-6-17-34/h3-31H,32H2,1-2H3. The first-order valence-corrected chi connectivity index (χ1v) is 17.2. The molecule has 0 aromatic heterocycles. The maximum absolute atomic E-state index is 2.50. The molecule has 0 saturated heterocycles.